The summed E-state index contributed by atoms with van der Waals surface area (Å²) in [5.41, 5.74) is 1.54. The van der Waals surface area contributed by atoms with Crippen LogP contribution in [-0.4, -0.2) is 71.3 Å². The van der Waals surface area contributed by atoms with Gasteiger partial charge in [-0.05, 0) is 57.7 Å². The molecule has 2 N–H and O–H groups in total. The first-order chi connectivity index (χ1) is 17.9. The molecule has 2 bridgehead atoms. The van der Waals surface area contributed by atoms with Gasteiger partial charge in [-0.25, -0.2) is 0 Å². The number of nitrogens with one attached hydrogen (secondary N) is 2. The van der Waals surface area contributed by atoms with Crippen LogP contribution in [0.1, 0.15) is 53.7 Å². The number of aromatic amines is 1. The topological polar surface area (TPSA) is 106 Å². The number of amides is 3. The van der Waals surface area contributed by atoms with Crippen molar-refractivity contribution in [3.05, 3.63) is 63.6 Å². The highest BCUT2D eigenvalue weighted by Gasteiger charge is 2.66. The molecule has 194 valence electrons. The van der Waals surface area contributed by atoms with Crippen molar-refractivity contribution in [1.82, 2.24) is 20.1 Å². The second-order valence-electron chi connectivity index (χ2n) is 10.7. The van der Waals surface area contributed by atoms with Crippen LogP contribution in [0.2, 0.25) is 0 Å². The number of para-hydroxylation sites is 1. The van der Waals surface area contributed by atoms with E-state index in [1.54, 1.807) is 17.9 Å². The highest BCUT2D eigenvalue weighted by molar-refractivity contribution is 6.11. The first kappa shape index (κ1) is 23.9. The maximum absolute atomic E-state index is 14.4. The summed E-state index contributed by atoms with van der Waals surface area (Å²) in [5, 5.41) is 3.10. The Balaban J connectivity index is 1.35. The summed E-state index contributed by atoms with van der Waals surface area (Å²) < 4.78 is 0. The van der Waals surface area contributed by atoms with Crippen LogP contribution >= 0.6 is 0 Å². The Morgan fingerprint density at radius 1 is 1.00 bits per heavy atom. The number of benzene rings is 1. The molecule has 5 heterocycles. The predicted molar refractivity (Wildman–Crippen MR) is 138 cm³/mol. The third-order valence-electron chi connectivity index (χ3n) is 8.56. The van der Waals surface area contributed by atoms with Gasteiger partial charge in [0.15, 0.2) is 0 Å². The number of rotatable bonds is 1. The smallest absolute Gasteiger partial charge is 0.254 e. The van der Waals surface area contributed by atoms with E-state index < -0.39 is 11.5 Å². The third kappa shape index (κ3) is 3.70. The van der Waals surface area contributed by atoms with Gasteiger partial charge < -0.3 is 20.1 Å². The van der Waals surface area contributed by atoms with Gasteiger partial charge in [-0.3, -0.25) is 24.1 Å². The van der Waals surface area contributed by atoms with Gasteiger partial charge in [-0.1, -0.05) is 18.2 Å². The second-order valence-corrected chi connectivity index (χ2v) is 10.7. The second kappa shape index (κ2) is 9.13. The van der Waals surface area contributed by atoms with Crippen LogP contribution in [-0.2, 0) is 15.1 Å². The fourth-order valence-corrected chi connectivity index (χ4v) is 7.11. The summed E-state index contributed by atoms with van der Waals surface area (Å²) in [6, 6.07) is 11.2. The molecule has 0 aliphatic carbocycles. The molecule has 6 rings (SSSR count). The van der Waals surface area contributed by atoms with Crippen molar-refractivity contribution in [2.75, 3.05) is 37.6 Å². The number of aromatic nitrogens is 1. The molecule has 0 saturated carbocycles. The first-order valence-corrected chi connectivity index (χ1v) is 13.4. The summed E-state index contributed by atoms with van der Waals surface area (Å²) in [6.07, 6.45) is 3.93. The van der Waals surface area contributed by atoms with Gasteiger partial charge in [-0.2, -0.15) is 0 Å². The number of hydrogen-bond donors (Lipinski definition) is 2. The van der Waals surface area contributed by atoms with Gasteiger partial charge in [0, 0.05) is 60.8 Å². The molecule has 0 unspecified atom stereocenters. The van der Waals surface area contributed by atoms with Crippen molar-refractivity contribution in [3.8, 4) is 0 Å². The fraction of sp³-hybridized carbons (Fsp3) is 0.500. The summed E-state index contributed by atoms with van der Waals surface area (Å²) >= 11 is 0. The number of anilines is 1. The van der Waals surface area contributed by atoms with E-state index >= 15 is 0 Å². The van der Waals surface area contributed by atoms with Gasteiger partial charge in [0.25, 0.3) is 11.8 Å². The van der Waals surface area contributed by atoms with Crippen LogP contribution in [0.3, 0.4) is 0 Å². The minimum Gasteiger partial charge on any atom is -0.356 e. The molecule has 3 fully saturated rings. The van der Waals surface area contributed by atoms with E-state index in [1.807, 2.05) is 29.2 Å². The van der Waals surface area contributed by atoms with Crippen molar-refractivity contribution in [2.45, 2.75) is 50.6 Å². The number of hydrogen-bond acceptors (Lipinski definition) is 5. The Labute approximate surface area is 215 Å². The largest absolute Gasteiger partial charge is 0.356 e. The summed E-state index contributed by atoms with van der Waals surface area (Å²) in [4.78, 5) is 61.9. The first-order valence-electron chi connectivity index (χ1n) is 13.4. The molecule has 3 atom stereocenters. The number of H-pyrrole nitrogens is 1. The molecule has 4 aliphatic heterocycles. The Kier molecular flexibility index (Phi) is 5.90. The lowest BCUT2D eigenvalue weighted by molar-refractivity contribution is -0.138. The quantitative estimate of drug-likeness (QED) is 0.617. The van der Waals surface area contributed by atoms with E-state index in [2.05, 4.69) is 15.2 Å². The van der Waals surface area contributed by atoms with Gasteiger partial charge in [0.2, 0.25) is 11.5 Å². The summed E-state index contributed by atoms with van der Waals surface area (Å²) in [5.74, 6) is -0.743. The highest BCUT2D eigenvalue weighted by Crippen LogP contribution is 2.57. The van der Waals surface area contributed by atoms with E-state index in [4.69, 9.17) is 0 Å². The Hall–Kier alpha value is -3.46. The lowest BCUT2D eigenvalue weighted by Gasteiger charge is -2.37. The number of aryl methyl sites for hydroxylation is 1. The Morgan fingerprint density at radius 3 is 2.65 bits per heavy atom. The number of pyridine rings is 1. The van der Waals surface area contributed by atoms with E-state index in [0.717, 1.165) is 30.6 Å². The molecule has 4 aliphatic rings. The van der Waals surface area contributed by atoms with Crippen LogP contribution in [0.15, 0.2) is 41.2 Å². The molecule has 9 nitrogen and oxygen atoms in total. The fourth-order valence-electron chi connectivity index (χ4n) is 7.11. The minimum absolute atomic E-state index is 0.0133. The monoisotopic (exact) mass is 503 g/mol. The van der Waals surface area contributed by atoms with Crippen molar-refractivity contribution >= 4 is 23.4 Å². The molecule has 37 heavy (non-hydrogen) atoms. The van der Waals surface area contributed by atoms with Gasteiger partial charge in [0.1, 0.15) is 5.54 Å². The summed E-state index contributed by atoms with van der Waals surface area (Å²) in [6.45, 7) is 4.37. The molecule has 1 spiro atoms. The van der Waals surface area contributed by atoms with Crippen molar-refractivity contribution in [3.63, 3.8) is 0 Å². The van der Waals surface area contributed by atoms with Gasteiger partial charge in [0.05, 0.1) is 5.92 Å². The van der Waals surface area contributed by atoms with Crippen molar-refractivity contribution in [1.29, 1.82) is 0 Å². The number of carbonyl (C=O) groups is 3. The van der Waals surface area contributed by atoms with Crippen LogP contribution in [0.5, 0.6) is 0 Å². The van der Waals surface area contributed by atoms with Gasteiger partial charge in [-0.15, -0.1) is 0 Å². The minimum atomic E-state index is -0.950. The van der Waals surface area contributed by atoms with Gasteiger partial charge >= 0.3 is 0 Å². The molecular formula is C28H33N5O4. The maximum Gasteiger partial charge on any atom is 0.254 e. The van der Waals surface area contributed by atoms with Crippen LogP contribution in [0.25, 0.3) is 0 Å². The Morgan fingerprint density at radius 2 is 1.81 bits per heavy atom. The molecule has 1 aromatic carbocycles. The van der Waals surface area contributed by atoms with E-state index in [1.165, 1.54) is 6.07 Å². The predicted octanol–water partition coefficient (Wildman–Crippen LogP) is 1.76. The molecule has 3 saturated heterocycles. The number of nitrogens with zero attached hydrogens (tertiary/aromatic N) is 3. The lowest BCUT2D eigenvalue weighted by atomic mass is 9.78. The van der Waals surface area contributed by atoms with E-state index in [9.17, 15) is 19.2 Å². The average Bonchev–Trinajstić information content (AvgIpc) is 3.53. The molecule has 9 heteroatoms. The van der Waals surface area contributed by atoms with Crippen LogP contribution < -0.4 is 15.8 Å². The zero-order chi connectivity index (χ0) is 25.7. The average molecular weight is 504 g/mol. The van der Waals surface area contributed by atoms with Crippen LogP contribution in [0, 0.1) is 12.8 Å². The van der Waals surface area contributed by atoms with Crippen molar-refractivity contribution in [2.24, 2.45) is 5.92 Å². The normalized spacial score (nSPS) is 28.0. The van der Waals surface area contributed by atoms with Crippen molar-refractivity contribution < 1.29 is 14.4 Å². The zero-order valence-electron chi connectivity index (χ0n) is 21.2. The molecule has 1 aromatic heterocycles. The number of fused-ring (bicyclic) bond motifs is 4. The SMILES string of the molecule is Cc1cc(C(=O)N2CCCNC(=O)[C@H]3C[C@@H]4CCCN4[C@@]34C(=O)N(CCC2)c2ccccc24)cc(=O)[nH]1. The maximum atomic E-state index is 14.4. The standard InChI is InChI=1S/C28H33N5O4/c1-18-15-19(16-24(34)30-18)26(36)31-11-5-10-29-25(35)22-17-20-7-4-14-33(20)28(22)21-8-2-3-9-23(21)32(27(28)37)13-6-12-31/h2-3,8-9,15-16,20,22H,4-7,10-14,17H2,1H3,(H,29,35)(H,30,34)/t20-,22+,28+/m0/s1. The third-order valence-corrected chi connectivity index (χ3v) is 8.56. The lowest BCUT2D eigenvalue weighted by Crippen LogP contribution is -2.56. The Bertz CT molecular complexity index is 1320. The molecular weight excluding hydrogens is 470 g/mol. The molecule has 3 amide bonds. The summed E-state index contributed by atoms with van der Waals surface area (Å²) in [7, 11) is 0. The highest BCUT2D eigenvalue weighted by atomic mass is 16.2. The molecule has 2 aromatic rings. The number of carbonyl (C=O) groups excluding carboxylic acids is 3. The zero-order valence-corrected chi connectivity index (χ0v) is 21.2. The van der Waals surface area contributed by atoms with E-state index in [0.29, 0.717) is 56.7 Å². The van der Waals surface area contributed by atoms with E-state index in [-0.39, 0.29) is 29.3 Å². The molecule has 0 radical (unpaired) electrons. The van der Waals surface area contributed by atoms with Crippen LogP contribution in [0.4, 0.5) is 5.69 Å².